The van der Waals surface area contributed by atoms with Gasteiger partial charge in [0, 0.05) is 24.4 Å². The summed E-state index contributed by atoms with van der Waals surface area (Å²) in [6.45, 7) is 7.78. The highest BCUT2D eigenvalue weighted by molar-refractivity contribution is 5.99. The lowest BCUT2D eigenvalue weighted by Gasteiger charge is -2.20. The second-order valence-corrected chi connectivity index (χ2v) is 10.1. The molecule has 0 saturated carbocycles. The largest absolute Gasteiger partial charge is 0.368 e. The van der Waals surface area contributed by atoms with Crippen molar-refractivity contribution in [3.05, 3.63) is 59.7 Å². The number of carbonyl (C=O) groups is 4. The molecule has 0 bridgehead atoms. The molecule has 9 nitrogen and oxygen atoms in total. The number of nitrogens with one attached hydrogen (secondary N) is 3. The van der Waals surface area contributed by atoms with Crippen molar-refractivity contribution in [2.75, 3.05) is 0 Å². The molecular formula is C28H38N4O5. The van der Waals surface area contributed by atoms with Gasteiger partial charge in [-0.15, -0.1) is 0 Å². The third-order valence-corrected chi connectivity index (χ3v) is 5.95. The van der Waals surface area contributed by atoms with Crippen LogP contribution in [0.5, 0.6) is 0 Å². The Morgan fingerprint density at radius 2 is 1.54 bits per heavy atom. The van der Waals surface area contributed by atoms with Crippen LogP contribution in [0.4, 0.5) is 0 Å². The molecule has 0 radical (unpaired) electrons. The van der Waals surface area contributed by atoms with Crippen LogP contribution in [0.3, 0.4) is 0 Å². The van der Waals surface area contributed by atoms with E-state index in [1.54, 1.807) is 17.6 Å². The van der Waals surface area contributed by atoms with E-state index in [2.05, 4.69) is 10.6 Å². The molecule has 6 N–H and O–H groups in total. The van der Waals surface area contributed by atoms with E-state index in [1.165, 1.54) is 0 Å². The minimum absolute atomic E-state index is 0.0391. The van der Waals surface area contributed by atoms with Crippen LogP contribution >= 0.6 is 0 Å². The first-order valence-electron chi connectivity index (χ1n) is 12.5. The third kappa shape index (κ3) is 9.34. The number of nitrogens with two attached hydrogens (primary N) is 1. The molecule has 9 heteroatoms. The van der Waals surface area contributed by atoms with E-state index < -0.39 is 29.7 Å². The molecule has 0 unspecified atom stereocenters. The van der Waals surface area contributed by atoms with Gasteiger partial charge in [-0.05, 0) is 47.4 Å². The average molecular weight is 511 g/mol. The molecule has 200 valence electrons. The maximum absolute atomic E-state index is 13.3. The van der Waals surface area contributed by atoms with E-state index in [0.29, 0.717) is 24.0 Å². The zero-order valence-corrected chi connectivity index (χ0v) is 21.9. The summed E-state index contributed by atoms with van der Waals surface area (Å²) in [5, 5.41) is 14.5. The van der Waals surface area contributed by atoms with E-state index in [9.17, 15) is 19.2 Å². The molecule has 0 aliphatic rings. The van der Waals surface area contributed by atoms with Gasteiger partial charge in [0.25, 0.3) is 5.91 Å². The van der Waals surface area contributed by atoms with Gasteiger partial charge >= 0.3 is 0 Å². The standard InChI is InChI=1S/C28H38N4O5/c1-17(2)12-22(15-25(33)32-37)27(35)30-16-21-11-10-20(19-8-6-5-7-9-19)14-23(21)28(36)31-24(26(29)34)13-18(3)4/h5-11,14,17-18,22,24,37H,12-13,15-16H2,1-4H3,(H2,29,34)(H,30,35)(H,31,36)(H,32,33)/t22-,24-/m0/s1. The Bertz CT molecular complexity index is 1090. The number of hydrogen-bond donors (Lipinski definition) is 5. The summed E-state index contributed by atoms with van der Waals surface area (Å²) in [5.74, 6) is -2.43. The van der Waals surface area contributed by atoms with Crippen molar-refractivity contribution >= 4 is 23.6 Å². The average Bonchev–Trinajstić information content (AvgIpc) is 2.86. The van der Waals surface area contributed by atoms with Gasteiger partial charge in [0.15, 0.2) is 0 Å². The lowest BCUT2D eigenvalue weighted by molar-refractivity contribution is -0.135. The van der Waals surface area contributed by atoms with E-state index in [0.717, 1.165) is 11.1 Å². The highest BCUT2D eigenvalue weighted by Gasteiger charge is 2.25. The first-order valence-corrected chi connectivity index (χ1v) is 12.5. The molecule has 37 heavy (non-hydrogen) atoms. The number of primary amides is 1. The molecule has 2 aromatic carbocycles. The van der Waals surface area contributed by atoms with Crippen LogP contribution in [0.1, 0.15) is 62.9 Å². The predicted molar refractivity (Wildman–Crippen MR) is 141 cm³/mol. The fraction of sp³-hybridized carbons (Fsp3) is 0.429. The van der Waals surface area contributed by atoms with E-state index >= 15 is 0 Å². The Hall–Kier alpha value is -3.72. The second-order valence-electron chi connectivity index (χ2n) is 10.1. The quantitative estimate of drug-likeness (QED) is 0.207. The molecule has 0 aliphatic carbocycles. The minimum Gasteiger partial charge on any atom is -0.368 e. The van der Waals surface area contributed by atoms with Crippen molar-refractivity contribution in [3.63, 3.8) is 0 Å². The maximum Gasteiger partial charge on any atom is 0.252 e. The summed E-state index contributed by atoms with van der Waals surface area (Å²) in [7, 11) is 0. The zero-order valence-electron chi connectivity index (χ0n) is 21.9. The van der Waals surface area contributed by atoms with Gasteiger partial charge in [-0.25, -0.2) is 5.48 Å². The van der Waals surface area contributed by atoms with Crippen LogP contribution in [0.25, 0.3) is 11.1 Å². The molecule has 2 aromatic rings. The molecule has 0 fully saturated rings. The number of hydroxylamine groups is 1. The molecule has 0 heterocycles. The fourth-order valence-electron chi connectivity index (χ4n) is 4.15. The van der Waals surface area contributed by atoms with E-state index in [1.807, 2.05) is 64.1 Å². The van der Waals surface area contributed by atoms with Crippen molar-refractivity contribution in [1.82, 2.24) is 16.1 Å². The van der Waals surface area contributed by atoms with Gasteiger partial charge < -0.3 is 16.4 Å². The first-order chi connectivity index (χ1) is 17.5. The van der Waals surface area contributed by atoms with Crippen molar-refractivity contribution < 1.29 is 24.4 Å². The Kier molecular flexibility index (Phi) is 11.3. The summed E-state index contributed by atoms with van der Waals surface area (Å²) in [6, 6.07) is 14.0. The summed E-state index contributed by atoms with van der Waals surface area (Å²) in [6.07, 6.45) is 0.695. The van der Waals surface area contributed by atoms with Crippen LogP contribution in [-0.2, 0) is 20.9 Å². The fourth-order valence-corrected chi connectivity index (χ4v) is 4.15. The highest BCUT2D eigenvalue weighted by atomic mass is 16.5. The summed E-state index contributed by atoms with van der Waals surface area (Å²) in [4.78, 5) is 49.9. The van der Waals surface area contributed by atoms with Crippen LogP contribution in [-0.4, -0.2) is 34.9 Å². The lowest BCUT2D eigenvalue weighted by Crippen LogP contribution is -2.45. The van der Waals surface area contributed by atoms with Gasteiger partial charge in [-0.3, -0.25) is 24.4 Å². The summed E-state index contributed by atoms with van der Waals surface area (Å²) >= 11 is 0. The Labute approximate surface area is 218 Å². The van der Waals surface area contributed by atoms with E-state index in [-0.39, 0.29) is 30.7 Å². The van der Waals surface area contributed by atoms with Crippen molar-refractivity contribution in [3.8, 4) is 11.1 Å². The number of hydrogen-bond acceptors (Lipinski definition) is 5. The molecule has 0 aliphatic heterocycles. The first kappa shape index (κ1) is 29.5. The van der Waals surface area contributed by atoms with E-state index in [4.69, 9.17) is 10.9 Å². The zero-order chi connectivity index (χ0) is 27.5. The van der Waals surface area contributed by atoms with Gasteiger partial charge in [0.05, 0.1) is 0 Å². The highest BCUT2D eigenvalue weighted by Crippen LogP contribution is 2.24. The lowest BCUT2D eigenvalue weighted by atomic mass is 9.92. The maximum atomic E-state index is 13.3. The topological polar surface area (TPSA) is 151 Å². The van der Waals surface area contributed by atoms with Crippen LogP contribution < -0.4 is 21.8 Å². The molecule has 0 spiro atoms. The SMILES string of the molecule is CC(C)C[C@@H](CC(=O)NO)C(=O)NCc1ccc(-c2ccccc2)cc1C(=O)N[C@@H](CC(C)C)C(N)=O. The summed E-state index contributed by atoms with van der Waals surface area (Å²) < 4.78 is 0. The van der Waals surface area contributed by atoms with Crippen molar-refractivity contribution in [2.24, 2.45) is 23.5 Å². The van der Waals surface area contributed by atoms with Gasteiger partial charge in [0.1, 0.15) is 6.04 Å². The summed E-state index contributed by atoms with van der Waals surface area (Å²) in [5.41, 5.74) is 9.68. The normalized spacial score (nSPS) is 12.6. The van der Waals surface area contributed by atoms with Gasteiger partial charge in [-0.2, -0.15) is 0 Å². The van der Waals surface area contributed by atoms with Crippen LogP contribution in [0.2, 0.25) is 0 Å². The Morgan fingerprint density at radius 3 is 2.11 bits per heavy atom. The molecule has 0 aromatic heterocycles. The number of carbonyl (C=O) groups excluding carboxylic acids is 4. The third-order valence-electron chi connectivity index (χ3n) is 5.95. The van der Waals surface area contributed by atoms with Crippen molar-refractivity contribution in [2.45, 2.75) is 59.5 Å². The van der Waals surface area contributed by atoms with Gasteiger partial charge in [0.2, 0.25) is 17.7 Å². The Morgan fingerprint density at radius 1 is 0.892 bits per heavy atom. The number of benzene rings is 2. The minimum atomic E-state index is -0.831. The monoisotopic (exact) mass is 510 g/mol. The molecular weight excluding hydrogens is 472 g/mol. The Balaban J connectivity index is 2.34. The van der Waals surface area contributed by atoms with Crippen LogP contribution in [0, 0.1) is 17.8 Å². The number of rotatable bonds is 13. The van der Waals surface area contributed by atoms with Crippen molar-refractivity contribution in [1.29, 1.82) is 0 Å². The van der Waals surface area contributed by atoms with Crippen LogP contribution in [0.15, 0.2) is 48.5 Å². The molecule has 4 amide bonds. The molecule has 0 saturated heterocycles. The number of amides is 4. The molecule has 2 atom stereocenters. The second kappa shape index (κ2) is 14.1. The predicted octanol–water partition coefficient (Wildman–Crippen LogP) is 3.16. The van der Waals surface area contributed by atoms with Gasteiger partial charge in [-0.1, -0.05) is 70.2 Å². The molecule has 2 rings (SSSR count). The smallest absolute Gasteiger partial charge is 0.252 e.